The number of primary amides is 1. The Hall–Kier alpha value is -2.98. The van der Waals surface area contributed by atoms with Crippen LogP contribution in [0.2, 0.25) is 0 Å². The number of rotatable bonds is 3. The summed E-state index contributed by atoms with van der Waals surface area (Å²) in [7, 11) is 0. The molecule has 1 fully saturated rings. The molecule has 0 aliphatic carbocycles. The molecule has 3 aromatic rings. The number of pyridine rings is 1. The normalized spacial score (nSPS) is 20.3. The number of hydrogen-bond acceptors (Lipinski definition) is 5. The second-order valence-corrected chi connectivity index (χ2v) is 6.74. The molecular formula is C19H19N5O2. The molecule has 0 bridgehead atoms. The second kappa shape index (κ2) is 6.39. The third-order valence-electron chi connectivity index (χ3n) is 4.87. The van der Waals surface area contributed by atoms with Gasteiger partial charge in [-0.15, -0.1) is 0 Å². The van der Waals surface area contributed by atoms with E-state index in [1.807, 2.05) is 19.1 Å². The van der Waals surface area contributed by atoms with E-state index in [1.54, 1.807) is 12.3 Å². The fraction of sp³-hybridized carbons (Fsp3) is 0.368. The summed E-state index contributed by atoms with van der Waals surface area (Å²) >= 11 is 0. The molecule has 1 aliphatic heterocycles. The molecule has 26 heavy (non-hydrogen) atoms. The quantitative estimate of drug-likeness (QED) is 0.780. The van der Waals surface area contributed by atoms with Crippen LogP contribution in [-0.2, 0) is 16.0 Å². The predicted octanol–water partition coefficient (Wildman–Crippen LogP) is 2.22. The van der Waals surface area contributed by atoms with Crippen molar-refractivity contribution in [3.8, 4) is 6.07 Å². The first-order chi connectivity index (χ1) is 12.6. The van der Waals surface area contributed by atoms with Crippen LogP contribution in [0.15, 0.2) is 24.4 Å². The SMILES string of the molecule is C[C@@H]1C[C@H](n2c(CC(N)=O)nc3cnc4ccc(C#N)cc4c32)CCO1. The lowest BCUT2D eigenvalue weighted by atomic mass is 10.0. The van der Waals surface area contributed by atoms with E-state index in [9.17, 15) is 10.1 Å². The minimum Gasteiger partial charge on any atom is -0.378 e. The zero-order chi connectivity index (χ0) is 18.3. The van der Waals surface area contributed by atoms with E-state index in [0.717, 1.165) is 29.3 Å². The topological polar surface area (TPSA) is 107 Å². The molecule has 3 heterocycles. The third-order valence-corrected chi connectivity index (χ3v) is 4.87. The first kappa shape index (κ1) is 16.5. The minimum absolute atomic E-state index is 0.0693. The Morgan fingerprint density at radius 3 is 3.04 bits per heavy atom. The Morgan fingerprint density at radius 2 is 2.31 bits per heavy atom. The van der Waals surface area contributed by atoms with E-state index < -0.39 is 5.91 Å². The van der Waals surface area contributed by atoms with Crippen molar-refractivity contribution in [2.45, 2.75) is 38.3 Å². The molecular weight excluding hydrogens is 330 g/mol. The lowest BCUT2D eigenvalue weighted by Gasteiger charge is -2.30. The summed E-state index contributed by atoms with van der Waals surface area (Å²) in [5.41, 5.74) is 8.43. The molecule has 1 aliphatic rings. The standard InChI is InChI=1S/C19H19N5O2/c1-11-6-13(4-5-26-11)24-18(8-17(21)25)23-16-10-22-15-3-2-12(9-20)7-14(15)19(16)24/h2-3,7,10-11,13H,4-6,8H2,1H3,(H2,21,25)/t11-,13-/m1/s1. The lowest BCUT2D eigenvalue weighted by molar-refractivity contribution is -0.117. The van der Waals surface area contributed by atoms with Crippen LogP contribution in [0.4, 0.5) is 0 Å². The largest absolute Gasteiger partial charge is 0.378 e. The van der Waals surface area contributed by atoms with E-state index in [0.29, 0.717) is 23.5 Å². The van der Waals surface area contributed by atoms with Gasteiger partial charge in [0.15, 0.2) is 0 Å². The van der Waals surface area contributed by atoms with Crippen LogP contribution >= 0.6 is 0 Å². The van der Waals surface area contributed by atoms with Gasteiger partial charge in [-0.2, -0.15) is 5.26 Å². The molecule has 7 nitrogen and oxygen atoms in total. The third kappa shape index (κ3) is 2.78. The monoisotopic (exact) mass is 349 g/mol. The van der Waals surface area contributed by atoms with Crippen LogP contribution in [0.1, 0.15) is 37.2 Å². The van der Waals surface area contributed by atoms with Gasteiger partial charge < -0.3 is 15.0 Å². The van der Waals surface area contributed by atoms with Gasteiger partial charge >= 0.3 is 0 Å². The summed E-state index contributed by atoms with van der Waals surface area (Å²) < 4.78 is 7.80. The molecule has 1 amide bonds. The summed E-state index contributed by atoms with van der Waals surface area (Å²) in [6.45, 7) is 2.71. The molecule has 0 saturated carbocycles. The number of benzene rings is 1. The van der Waals surface area contributed by atoms with E-state index in [1.165, 1.54) is 0 Å². The van der Waals surface area contributed by atoms with Crippen molar-refractivity contribution >= 4 is 27.8 Å². The summed E-state index contributed by atoms with van der Waals surface area (Å²) in [5.74, 6) is 0.222. The highest BCUT2D eigenvalue weighted by Crippen LogP contribution is 2.33. The number of amides is 1. The average molecular weight is 349 g/mol. The number of fused-ring (bicyclic) bond motifs is 3. The smallest absolute Gasteiger partial charge is 0.225 e. The number of nitrogens with two attached hydrogens (primary N) is 1. The maximum absolute atomic E-state index is 11.6. The van der Waals surface area contributed by atoms with Gasteiger partial charge in [-0.1, -0.05) is 0 Å². The summed E-state index contributed by atoms with van der Waals surface area (Å²) in [6, 6.07) is 7.76. The van der Waals surface area contributed by atoms with Gasteiger partial charge in [-0.3, -0.25) is 9.78 Å². The van der Waals surface area contributed by atoms with Gasteiger partial charge in [0.25, 0.3) is 0 Å². The van der Waals surface area contributed by atoms with Crippen LogP contribution in [-0.4, -0.2) is 33.2 Å². The van der Waals surface area contributed by atoms with Crippen molar-refractivity contribution in [2.75, 3.05) is 6.61 Å². The Balaban J connectivity index is 2.01. The zero-order valence-electron chi connectivity index (χ0n) is 14.5. The van der Waals surface area contributed by atoms with E-state index in [2.05, 4.69) is 20.6 Å². The number of imidazole rings is 1. The minimum atomic E-state index is -0.420. The molecule has 1 saturated heterocycles. The number of nitriles is 1. The van der Waals surface area contributed by atoms with Crippen LogP contribution in [0.5, 0.6) is 0 Å². The Bertz CT molecular complexity index is 1050. The molecule has 0 unspecified atom stereocenters. The van der Waals surface area contributed by atoms with Gasteiger partial charge in [-0.25, -0.2) is 4.98 Å². The Kier molecular flexibility index (Phi) is 4.05. The van der Waals surface area contributed by atoms with Crippen LogP contribution in [0.3, 0.4) is 0 Å². The summed E-state index contributed by atoms with van der Waals surface area (Å²) in [5, 5.41) is 10.1. The second-order valence-electron chi connectivity index (χ2n) is 6.74. The molecule has 0 spiro atoms. The van der Waals surface area contributed by atoms with E-state index >= 15 is 0 Å². The van der Waals surface area contributed by atoms with Crippen LogP contribution < -0.4 is 5.73 Å². The van der Waals surface area contributed by atoms with Crippen molar-refractivity contribution in [2.24, 2.45) is 5.73 Å². The number of ether oxygens (including phenoxy) is 1. The summed E-state index contributed by atoms with van der Waals surface area (Å²) in [4.78, 5) is 20.7. The first-order valence-electron chi connectivity index (χ1n) is 8.66. The van der Waals surface area contributed by atoms with Crippen molar-refractivity contribution in [1.82, 2.24) is 14.5 Å². The highest BCUT2D eigenvalue weighted by molar-refractivity contribution is 6.03. The summed E-state index contributed by atoms with van der Waals surface area (Å²) in [6.07, 6.45) is 3.59. The molecule has 7 heteroatoms. The van der Waals surface area contributed by atoms with Crippen LogP contribution in [0, 0.1) is 11.3 Å². The molecule has 2 aromatic heterocycles. The highest BCUT2D eigenvalue weighted by atomic mass is 16.5. The molecule has 132 valence electrons. The van der Waals surface area contributed by atoms with Gasteiger partial charge in [0.05, 0.1) is 41.4 Å². The van der Waals surface area contributed by atoms with Gasteiger partial charge in [0.1, 0.15) is 11.3 Å². The van der Waals surface area contributed by atoms with Crippen LogP contribution in [0.25, 0.3) is 21.9 Å². The molecule has 0 radical (unpaired) electrons. The molecule has 2 N–H and O–H groups in total. The number of aromatic nitrogens is 3. The lowest BCUT2D eigenvalue weighted by Crippen LogP contribution is -2.27. The average Bonchev–Trinajstić information content (AvgIpc) is 2.98. The Labute approximate surface area is 150 Å². The number of carbonyl (C=O) groups is 1. The predicted molar refractivity (Wildman–Crippen MR) is 96.3 cm³/mol. The maximum atomic E-state index is 11.6. The fourth-order valence-corrected chi connectivity index (χ4v) is 3.78. The highest BCUT2D eigenvalue weighted by Gasteiger charge is 2.26. The van der Waals surface area contributed by atoms with Gasteiger partial charge in [-0.05, 0) is 38.0 Å². The molecule has 2 atom stereocenters. The first-order valence-corrected chi connectivity index (χ1v) is 8.66. The van der Waals surface area contributed by atoms with Gasteiger partial charge in [0.2, 0.25) is 5.91 Å². The van der Waals surface area contributed by atoms with Gasteiger partial charge in [0, 0.05) is 18.0 Å². The number of nitrogens with zero attached hydrogens (tertiary/aromatic N) is 4. The maximum Gasteiger partial charge on any atom is 0.225 e. The van der Waals surface area contributed by atoms with Crippen molar-refractivity contribution in [3.05, 3.63) is 35.8 Å². The van der Waals surface area contributed by atoms with Crippen molar-refractivity contribution in [1.29, 1.82) is 5.26 Å². The molecule has 1 aromatic carbocycles. The fourth-order valence-electron chi connectivity index (χ4n) is 3.78. The number of carbonyl (C=O) groups excluding carboxylic acids is 1. The Morgan fingerprint density at radius 1 is 1.46 bits per heavy atom. The number of hydrogen-bond donors (Lipinski definition) is 1. The van der Waals surface area contributed by atoms with E-state index in [4.69, 9.17) is 10.5 Å². The molecule has 4 rings (SSSR count). The van der Waals surface area contributed by atoms with Crippen molar-refractivity contribution in [3.63, 3.8) is 0 Å². The van der Waals surface area contributed by atoms with Crippen molar-refractivity contribution < 1.29 is 9.53 Å². The van der Waals surface area contributed by atoms with E-state index in [-0.39, 0.29) is 18.6 Å². The zero-order valence-corrected chi connectivity index (χ0v) is 14.5.